The molecule has 0 aliphatic rings. The Morgan fingerprint density at radius 1 is 1.04 bits per heavy atom. The van der Waals surface area contributed by atoms with Crippen LogP contribution in [0.3, 0.4) is 0 Å². The molecule has 2 aromatic rings. The molecule has 2 N–H and O–H groups in total. The highest BCUT2D eigenvalue weighted by Gasteiger charge is 2.27. The van der Waals surface area contributed by atoms with E-state index >= 15 is 0 Å². The maximum absolute atomic E-state index is 12.6. The summed E-state index contributed by atoms with van der Waals surface area (Å²) in [4.78, 5) is 35.5. The van der Waals surface area contributed by atoms with Crippen molar-refractivity contribution in [1.29, 1.82) is 0 Å². The van der Waals surface area contributed by atoms with Crippen molar-refractivity contribution < 1.29 is 19.1 Å². The zero-order chi connectivity index (χ0) is 18.1. The number of carbonyl (C=O) groups is 3. The van der Waals surface area contributed by atoms with Gasteiger partial charge in [-0.15, -0.1) is 0 Å². The summed E-state index contributed by atoms with van der Waals surface area (Å²) in [5, 5.41) is 5.14. The number of nitrogens with one attached hydrogen (secondary N) is 2. The van der Waals surface area contributed by atoms with E-state index in [1.807, 2.05) is 36.4 Å². The first-order valence-corrected chi connectivity index (χ1v) is 7.82. The number of carbonyl (C=O) groups excluding carboxylic acids is 3. The van der Waals surface area contributed by atoms with E-state index in [2.05, 4.69) is 10.6 Å². The lowest BCUT2D eigenvalue weighted by Crippen LogP contribution is -2.47. The summed E-state index contributed by atoms with van der Waals surface area (Å²) in [5.41, 5.74) is 1.51. The molecule has 0 spiro atoms. The zero-order valence-corrected chi connectivity index (χ0v) is 13.8. The minimum absolute atomic E-state index is 0.294. The fraction of sp³-hybridized carbons (Fsp3) is 0.211. The molecule has 2 rings (SSSR count). The van der Waals surface area contributed by atoms with Crippen LogP contribution in [-0.4, -0.2) is 31.4 Å². The Labute approximate surface area is 146 Å². The van der Waals surface area contributed by atoms with Crippen LogP contribution >= 0.6 is 0 Å². The van der Waals surface area contributed by atoms with Crippen LogP contribution in [0.15, 0.2) is 60.7 Å². The van der Waals surface area contributed by atoms with Gasteiger partial charge in [0, 0.05) is 6.42 Å². The molecule has 130 valence electrons. The van der Waals surface area contributed by atoms with Crippen molar-refractivity contribution in [3.8, 4) is 0 Å². The lowest BCUT2D eigenvalue weighted by Gasteiger charge is -2.21. The van der Waals surface area contributed by atoms with Gasteiger partial charge in [0.15, 0.2) is 0 Å². The molecule has 0 aliphatic heterocycles. The van der Waals surface area contributed by atoms with Crippen LogP contribution in [0.1, 0.15) is 17.2 Å². The summed E-state index contributed by atoms with van der Waals surface area (Å²) < 4.78 is 4.79. The van der Waals surface area contributed by atoms with E-state index < -0.39 is 24.0 Å². The van der Waals surface area contributed by atoms with Gasteiger partial charge in [0.25, 0.3) is 0 Å². The molecular formula is C19H20N2O4. The van der Waals surface area contributed by atoms with Gasteiger partial charge in [-0.1, -0.05) is 60.7 Å². The summed E-state index contributed by atoms with van der Waals surface area (Å²) >= 11 is 0. The fourth-order valence-electron chi connectivity index (χ4n) is 2.48. The van der Waals surface area contributed by atoms with Crippen molar-refractivity contribution in [2.75, 3.05) is 7.11 Å². The van der Waals surface area contributed by atoms with Gasteiger partial charge in [-0.05, 0) is 11.1 Å². The molecule has 6 nitrogen and oxygen atoms in total. The Hall–Kier alpha value is -3.15. The number of methoxy groups -OCH3 is 1. The van der Waals surface area contributed by atoms with Crippen molar-refractivity contribution in [2.24, 2.45) is 0 Å². The molecule has 6 heteroatoms. The third kappa shape index (κ3) is 5.17. The Balaban J connectivity index is 2.16. The van der Waals surface area contributed by atoms with Gasteiger partial charge in [-0.2, -0.15) is 0 Å². The smallest absolute Gasteiger partial charge is 0.328 e. The van der Waals surface area contributed by atoms with Gasteiger partial charge in [0.2, 0.25) is 12.3 Å². The summed E-state index contributed by atoms with van der Waals surface area (Å²) in [6, 6.07) is 16.4. The van der Waals surface area contributed by atoms with E-state index in [-0.39, 0.29) is 0 Å². The Bertz CT molecular complexity index is 704. The highest BCUT2D eigenvalue weighted by molar-refractivity contribution is 5.89. The van der Waals surface area contributed by atoms with Crippen molar-refractivity contribution >= 4 is 18.3 Å². The summed E-state index contributed by atoms with van der Waals surface area (Å²) in [6.45, 7) is 0. The molecule has 2 amide bonds. The third-order valence-corrected chi connectivity index (χ3v) is 3.71. The summed E-state index contributed by atoms with van der Waals surface area (Å²) in [6.07, 6.45) is 0.753. The molecule has 0 heterocycles. The molecule has 0 fully saturated rings. The third-order valence-electron chi connectivity index (χ3n) is 3.71. The van der Waals surface area contributed by atoms with Crippen LogP contribution in [0.5, 0.6) is 0 Å². The SMILES string of the molecule is COC(=O)C(Cc1ccccc1)NC(=O)C(NC=O)c1ccccc1. The fourth-order valence-corrected chi connectivity index (χ4v) is 2.48. The maximum Gasteiger partial charge on any atom is 0.328 e. The quantitative estimate of drug-likeness (QED) is 0.562. The Morgan fingerprint density at radius 2 is 1.64 bits per heavy atom. The van der Waals surface area contributed by atoms with Crippen molar-refractivity contribution in [1.82, 2.24) is 10.6 Å². The average Bonchev–Trinajstić information content (AvgIpc) is 2.66. The van der Waals surface area contributed by atoms with E-state index in [0.717, 1.165) is 5.56 Å². The Morgan fingerprint density at radius 3 is 2.20 bits per heavy atom. The number of hydrogen-bond donors (Lipinski definition) is 2. The maximum atomic E-state index is 12.6. The molecule has 0 bridgehead atoms. The van der Waals surface area contributed by atoms with Crippen molar-refractivity contribution in [2.45, 2.75) is 18.5 Å². The van der Waals surface area contributed by atoms with Crippen LogP contribution in [0.4, 0.5) is 0 Å². The molecule has 0 saturated carbocycles. The van der Waals surface area contributed by atoms with Gasteiger partial charge in [-0.25, -0.2) is 4.79 Å². The van der Waals surface area contributed by atoms with Gasteiger partial charge in [-0.3, -0.25) is 9.59 Å². The van der Waals surface area contributed by atoms with E-state index in [0.29, 0.717) is 18.4 Å². The number of amides is 2. The molecule has 0 aromatic heterocycles. The topological polar surface area (TPSA) is 84.5 Å². The lowest BCUT2D eigenvalue weighted by atomic mass is 10.0. The standard InChI is InChI=1S/C19H20N2O4/c1-25-19(24)16(12-14-8-4-2-5-9-14)21-18(23)17(20-13-22)15-10-6-3-7-11-15/h2-11,13,16-17H,12H2,1H3,(H,20,22)(H,21,23). The van der Waals surface area contributed by atoms with E-state index in [1.54, 1.807) is 24.3 Å². The number of rotatable bonds is 8. The van der Waals surface area contributed by atoms with Crippen LogP contribution in [0.25, 0.3) is 0 Å². The summed E-state index contributed by atoms with van der Waals surface area (Å²) in [5.74, 6) is -1.03. The Kier molecular flexibility index (Phi) is 6.71. The molecular weight excluding hydrogens is 320 g/mol. The van der Waals surface area contributed by atoms with Crippen LogP contribution in [0.2, 0.25) is 0 Å². The minimum Gasteiger partial charge on any atom is -0.467 e. The van der Waals surface area contributed by atoms with Gasteiger partial charge in [0.1, 0.15) is 12.1 Å². The predicted octanol–water partition coefficient (Wildman–Crippen LogP) is 1.37. The molecule has 2 aromatic carbocycles. The highest BCUT2D eigenvalue weighted by Crippen LogP contribution is 2.13. The lowest BCUT2D eigenvalue weighted by molar-refractivity contribution is -0.145. The largest absolute Gasteiger partial charge is 0.467 e. The number of ether oxygens (including phenoxy) is 1. The highest BCUT2D eigenvalue weighted by atomic mass is 16.5. The minimum atomic E-state index is -0.887. The van der Waals surface area contributed by atoms with E-state index in [4.69, 9.17) is 4.74 Å². The van der Waals surface area contributed by atoms with Gasteiger partial charge in [0.05, 0.1) is 7.11 Å². The second-order valence-corrected chi connectivity index (χ2v) is 5.40. The molecule has 2 atom stereocenters. The van der Waals surface area contributed by atoms with Crippen LogP contribution < -0.4 is 10.6 Å². The molecule has 0 saturated heterocycles. The monoisotopic (exact) mass is 340 g/mol. The normalized spacial score (nSPS) is 12.5. The second-order valence-electron chi connectivity index (χ2n) is 5.40. The van der Waals surface area contributed by atoms with E-state index in [9.17, 15) is 14.4 Å². The van der Waals surface area contributed by atoms with Crippen molar-refractivity contribution in [3.05, 3.63) is 71.8 Å². The summed E-state index contributed by atoms with van der Waals surface area (Å²) in [7, 11) is 1.27. The van der Waals surface area contributed by atoms with E-state index in [1.165, 1.54) is 7.11 Å². The average molecular weight is 340 g/mol. The number of benzene rings is 2. The zero-order valence-electron chi connectivity index (χ0n) is 13.8. The van der Waals surface area contributed by atoms with Gasteiger partial charge < -0.3 is 15.4 Å². The molecule has 2 unspecified atom stereocenters. The first-order chi connectivity index (χ1) is 12.2. The van der Waals surface area contributed by atoms with Crippen LogP contribution in [-0.2, 0) is 25.5 Å². The first-order valence-electron chi connectivity index (χ1n) is 7.82. The number of hydrogen-bond acceptors (Lipinski definition) is 4. The molecule has 0 aliphatic carbocycles. The van der Waals surface area contributed by atoms with Gasteiger partial charge >= 0.3 is 5.97 Å². The van der Waals surface area contributed by atoms with Crippen molar-refractivity contribution in [3.63, 3.8) is 0 Å². The van der Waals surface area contributed by atoms with Crippen LogP contribution in [0, 0.1) is 0 Å². The first kappa shape index (κ1) is 18.2. The molecule has 25 heavy (non-hydrogen) atoms. The predicted molar refractivity (Wildman–Crippen MR) is 92.5 cm³/mol. The second kappa shape index (κ2) is 9.22. The number of esters is 1. The molecule has 0 radical (unpaired) electrons.